The van der Waals surface area contributed by atoms with Crippen molar-refractivity contribution in [1.29, 1.82) is 0 Å². The molecule has 1 atom stereocenters. The van der Waals surface area contributed by atoms with Crippen molar-refractivity contribution in [3.05, 3.63) is 65.7 Å². The first-order chi connectivity index (χ1) is 11.1. The first-order valence-electron chi connectivity index (χ1n) is 7.81. The summed E-state index contributed by atoms with van der Waals surface area (Å²) in [6.07, 6.45) is 0.282. The van der Waals surface area contributed by atoms with Gasteiger partial charge in [-0.15, -0.1) is 0 Å². The number of aryl methyl sites for hydroxylation is 1. The van der Waals surface area contributed by atoms with Gasteiger partial charge in [-0.2, -0.15) is 0 Å². The molecule has 2 aromatic rings. The molecule has 1 unspecified atom stereocenters. The number of hydrogen-bond acceptors (Lipinski definition) is 2. The standard InChI is InChI=1S/C19H20N2O2/c1-14-6-5-9-17(10-14)20-19(23)16-11-18(22)21(13-16)12-15-7-3-2-4-8-15/h2-10,16H,11-13H2,1H3,(H,20,23). The number of likely N-dealkylation sites (tertiary alicyclic amines) is 1. The van der Waals surface area contributed by atoms with Gasteiger partial charge in [0.1, 0.15) is 0 Å². The number of nitrogens with zero attached hydrogens (tertiary/aromatic N) is 1. The smallest absolute Gasteiger partial charge is 0.229 e. The highest BCUT2D eigenvalue weighted by molar-refractivity contribution is 5.97. The minimum atomic E-state index is -0.285. The van der Waals surface area contributed by atoms with Gasteiger partial charge in [-0.05, 0) is 30.2 Å². The van der Waals surface area contributed by atoms with Crippen LogP contribution in [0.5, 0.6) is 0 Å². The minimum Gasteiger partial charge on any atom is -0.338 e. The Morgan fingerprint density at radius 1 is 1.17 bits per heavy atom. The Labute approximate surface area is 136 Å². The van der Waals surface area contributed by atoms with Crippen molar-refractivity contribution in [3.8, 4) is 0 Å². The zero-order valence-corrected chi connectivity index (χ0v) is 13.2. The lowest BCUT2D eigenvalue weighted by molar-refractivity contribution is -0.128. The van der Waals surface area contributed by atoms with Gasteiger partial charge >= 0.3 is 0 Å². The molecule has 1 heterocycles. The maximum absolute atomic E-state index is 12.4. The fourth-order valence-electron chi connectivity index (χ4n) is 2.87. The van der Waals surface area contributed by atoms with E-state index < -0.39 is 0 Å². The topological polar surface area (TPSA) is 49.4 Å². The van der Waals surface area contributed by atoms with Crippen LogP contribution < -0.4 is 5.32 Å². The molecule has 1 N–H and O–H groups in total. The number of nitrogens with one attached hydrogen (secondary N) is 1. The van der Waals surface area contributed by atoms with Gasteiger partial charge in [-0.1, -0.05) is 42.5 Å². The monoisotopic (exact) mass is 308 g/mol. The van der Waals surface area contributed by atoms with E-state index in [0.29, 0.717) is 13.1 Å². The Hall–Kier alpha value is -2.62. The predicted octanol–water partition coefficient (Wildman–Crippen LogP) is 2.98. The summed E-state index contributed by atoms with van der Waals surface area (Å²) in [5, 5.41) is 2.91. The number of carbonyl (C=O) groups excluding carboxylic acids is 2. The molecule has 23 heavy (non-hydrogen) atoms. The van der Waals surface area contributed by atoms with E-state index in [1.54, 1.807) is 4.90 Å². The lowest BCUT2D eigenvalue weighted by Crippen LogP contribution is -2.28. The van der Waals surface area contributed by atoms with Gasteiger partial charge in [0.2, 0.25) is 11.8 Å². The molecule has 1 fully saturated rings. The second-order valence-corrected chi connectivity index (χ2v) is 6.02. The van der Waals surface area contributed by atoms with Crippen LogP contribution in [0.2, 0.25) is 0 Å². The molecule has 0 spiro atoms. The van der Waals surface area contributed by atoms with Gasteiger partial charge in [0.15, 0.2) is 0 Å². The molecule has 4 heteroatoms. The van der Waals surface area contributed by atoms with E-state index in [4.69, 9.17) is 0 Å². The zero-order valence-electron chi connectivity index (χ0n) is 13.2. The third-order valence-electron chi connectivity index (χ3n) is 4.09. The molecule has 0 saturated carbocycles. The lowest BCUT2D eigenvalue weighted by Gasteiger charge is -2.16. The number of rotatable bonds is 4. The third kappa shape index (κ3) is 3.77. The molecule has 3 rings (SSSR count). The van der Waals surface area contributed by atoms with E-state index in [9.17, 15) is 9.59 Å². The average molecular weight is 308 g/mol. The first-order valence-corrected chi connectivity index (χ1v) is 7.81. The van der Waals surface area contributed by atoms with Crippen LogP contribution in [0.25, 0.3) is 0 Å². The molecule has 1 aliphatic heterocycles. The normalized spacial score (nSPS) is 17.3. The molecular weight excluding hydrogens is 288 g/mol. The van der Waals surface area contributed by atoms with E-state index in [1.165, 1.54) is 0 Å². The molecular formula is C19H20N2O2. The van der Waals surface area contributed by atoms with Crippen LogP contribution in [0.3, 0.4) is 0 Å². The van der Waals surface area contributed by atoms with Crippen LogP contribution in [0.4, 0.5) is 5.69 Å². The predicted molar refractivity (Wildman–Crippen MR) is 89.8 cm³/mol. The number of benzene rings is 2. The van der Waals surface area contributed by atoms with Crippen molar-refractivity contribution in [2.75, 3.05) is 11.9 Å². The van der Waals surface area contributed by atoms with Crippen molar-refractivity contribution in [1.82, 2.24) is 4.90 Å². The van der Waals surface area contributed by atoms with Gasteiger partial charge in [-0.25, -0.2) is 0 Å². The van der Waals surface area contributed by atoms with Crippen LogP contribution in [-0.4, -0.2) is 23.3 Å². The van der Waals surface area contributed by atoms with Crippen LogP contribution in [0.1, 0.15) is 17.5 Å². The summed E-state index contributed by atoms with van der Waals surface area (Å²) in [6.45, 7) is 3.02. The summed E-state index contributed by atoms with van der Waals surface area (Å²) in [5.41, 5.74) is 2.96. The third-order valence-corrected chi connectivity index (χ3v) is 4.09. The number of amides is 2. The number of carbonyl (C=O) groups is 2. The molecule has 1 saturated heterocycles. The summed E-state index contributed by atoms with van der Waals surface area (Å²) in [6, 6.07) is 17.5. The van der Waals surface area contributed by atoms with E-state index in [-0.39, 0.29) is 24.2 Å². The van der Waals surface area contributed by atoms with Crippen molar-refractivity contribution < 1.29 is 9.59 Å². The molecule has 2 amide bonds. The fraction of sp³-hybridized carbons (Fsp3) is 0.263. The molecule has 118 valence electrons. The van der Waals surface area contributed by atoms with Crippen molar-refractivity contribution in [2.24, 2.45) is 5.92 Å². The summed E-state index contributed by atoms with van der Waals surface area (Å²) in [4.78, 5) is 26.3. The van der Waals surface area contributed by atoms with E-state index in [2.05, 4.69) is 5.32 Å². The first kappa shape index (κ1) is 15.3. The van der Waals surface area contributed by atoms with E-state index >= 15 is 0 Å². The van der Waals surface area contributed by atoms with Crippen LogP contribution in [0, 0.1) is 12.8 Å². The van der Waals surface area contributed by atoms with Crippen LogP contribution in [0.15, 0.2) is 54.6 Å². The fourth-order valence-corrected chi connectivity index (χ4v) is 2.87. The molecule has 4 nitrogen and oxygen atoms in total. The Bertz CT molecular complexity index is 712. The maximum Gasteiger partial charge on any atom is 0.229 e. The van der Waals surface area contributed by atoms with Gasteiger partial charge in [-0.3, -0.25) is 9.59 Å². The van der Waals surface area contributed by atoms with E-state index in [1.807, 2.05) is 61.5 Å². The van der Waals surface area contributed by atoms with Crippen molar-refractivity contribution in [2.45, 2.75) is 19.9 Å². The Balaban J connectivity index is 1.61. The highest BCUT2D eigenvalue weighted by Gasteiger charge is 2.34. The molecule has 0 aromatic heterocycles. The van der Waals surface area contributed by atoms with Crippen molar-refractivity contribution in [3.63, 3.8) is 0 Å². The summed E-state index contributed by atoms with van der Waals surface area (Å²) >= 11 is 0. The number of anilines is 1. The Morgan fingerprint density at radius 2 is 1.96 bits per heavy atom. The lowest BCUT2D eigenvalue weighted by atomic mass is 10.1. The van der Waals surface area contributed by atoms with Gasteiger partial charge in [0.25, 0.3) is 0 Å². The second-order valence-electron chi connectivity index (χ2n) is 6.02. The summed E-state index contributed by atoms with van der Waals surface area (Å²) < 4.78 is 0. The van der Waals surface area contributed by atoms with Gasteiger partial charge < -0.3 is 10.2 Å². The summed E-state index contributed by atoms with van der Waals surface area (Å²) in [7, 11) is 0. The zero-order chi connectivity index (χ0) is 16.2. The minimum absolute atomic E-state index is 0.0400. The highest BCUT2D eigenvalue weighted by atomic mass is 16.2. The maximum atomic E-state index is 12.4. The second kappa shape index (κ2) is 6.65. The molecule has 2 aromatic carbocycles. The summed E-state index contributed by atoms with van der Waals surface area (Å²) in [5.74, 6) is -0.329. The average Bonchev–Trinajstić information content (AvgIpc) is 2.89. The molecule has 0 bridgehead atoms. The highest BCUT2D eigenvalue weighted by Crippen LogP contribution is 2.22. The van der Waals surface area contributed by atoms with Crippen LogP contribution >= 0.6 is 0 Å². The number of hydrogen-bond donors (Lipinski definition) is 1. The van der Waals surface area contributed by atoms with Crippen LogP contribution in [-0.2, 0) is 16.1 Å². The quantitative estimate of drug-likeness (QED) is 0.944. The SMILES string of the molecule is Cc1cccc(NC(=O)C2CC(=O)N(Cc3ccccc3)C2)c1. The molecule has 1 aliphatic rings. The Morgan fingerprint density at radius 3 is 2.70 bits per heavy atom. The van der Waals surface area contributed by atoms with Gasteiger partial charge in [0, 0.05) is 25.2 Å². The van der Waals surface area contributed by atoms with E-state index in [0.717, 1.165) is 16.8 Å². The van der Waals surface area contributed by atoms with Crippen molar-refractivity contribution >= 4 is 17.5 Å². The molecule has 0 aliphatic carbocycles. The largest absolute Gasteiger partial charge is 0.338 e. The van der Waals surface area contributed by atoms with Gasteiger partial charge in [0.05, 0.1) is 5.92 Å². The Kier molecular flexibility index (Phi) is 4.42. The molecule has 0 radical (unpaired) electrons.